The van der Waals surface area contributed by atoms with Gasteiger partial charge in [-0.05, 0) is 6.92 Å². The number of nitrogens with zero attached hydrogens (tertiary/aromatic N) is 1. The molecule has 0 aromatic heterocycles. The van der Waals surface area contributed by atoms with E-state index in [0.29, 0.717) is 0 Å². The smallest absolute Gasteiger partial charge is 0.328 e. The molecule has 0 aliphatic carbocycles. The molecule has 0 amide bonds. The van der Waals surface area contributed by atoms with Crippen LogP contribution < -0.4 is 5.32 Å². The lowest BCUT2D eigenvalue weighted by Crippen LogP contribution is -2.31. The van der Waals surface area contributed by atoms with Crippen LogP contribution in [0.3, 0.4) is 0 Å². The van der Waals surface area contributed by atoms with Gasteiger partial charge in [0, 0.05) is 0 Å². The van der Waals surface area contributed by atoms with Crippen molar-refractivity contribution in [3.63, 3.8) is 0 Å². The second-order valence-corrected chi connectivity index (χ2v) is 1.50. The van der Waals surface area contributed by atoms with Gasteiger partial charge < -0.3 is 10.1 Å². The van der Waals surface area contributed by atoms with E-state index in [1.165, 1.54) is 7.11 Å². The SMILES string of the molecule is COC(=O)C(C)NC#N. The summed E-state index contributed by atoms with van der Waals surface area (Å²) in [5.41, 5.74) is 0. The molecule has 4 heteroatoms. The predicted octanol–water partition coefficient (Wildman–Crippen LogP) is -0.381. The number of carbonyl (C=O) groups is 1. The van der Waals surface area contributed by atoms with E-state index in [-0.39, 0.29) is 0 Å². The number of esters is 1. The normalized spacial score (nSPS) is 11.2. The topological polar surface area (TPSA) is 62.1 Å². The first-order valence-electron chi connectivity index (χ1n) is 2.44. The molecule has 0 rings (SSSR count). The van der Waals surface area contributed by atoms with Crippen molar-refractivity contribution < 1.29 is 9.53 Å². The van der Waals surface area contributed by atoms with Crippen molar-refractivity contribution >= 4 is 5.97 Å². The molecule has 4 nitrogen and oxygen atoms in total. The zero-order chi connectivity index (χ0) is 7.28. The van der Waals surface area contributed by atoms with Crippen LogP contribution >= 0.6 is 0 Å². The Morgan fingerprint density at radius 2 is 2.44 bits per heavy atom. The number of rotatable bonds is 2. The molecule has 0 radical (unpaired) electrons. The van der Waals surface area contributed by atoms with Crippen LogP contribution in [0, 0.1) is 11.5 Å². The zero-order valence-electron chi connectivity index (χ0n) is 5.34. The lowest BCUT2D eigenvalue weighted by atomic mass is 10.4. The molecule has 0 aliphatic heterocycles. The van der Waals surface area contributed by atoms with Crippen LogP contribution in [0.4, 0.5) is 0 Å². The Morgan fingerprint density at radius 1 is 1.89 bits per heavy atom. The van der Waals surface area contributed by atoms with E-state index < -0.39 is 12.0 Å². The van der Waals surface area contributed by atoms with E-state index in [0.717, 1.165) is 0 Å². The number of methoxy groups -OCH3 is 1. The van der Waals surface area contributed by atoms with Gasteiger partial charge in [-0.15, -0.1) is 0 Å². The van der Waals surface area contributed by atoms with Crippen LogP contribution in [-0.2, 0) is 9.53 Å². The quantitative estimate of drug-likeness (QED) is 0.313. The number of carbonyl (C=O) groups excluding carboxylic acids is 1. The Kier molecular flexibility index (Phi) is 3.21. The summed E-state index contributed by atoms with van der Waals surface area (Å²) in [6.45, 7) is 1.55. The molecule has 0 aromatic rings. The number of nitriles is 1. The van der Waals surface area contributed by atoms with Gasteiger partial charge in [0.2, 0.25) is 0 Å². The minimum atomic E-state index is -0.542. The number of hydrogen-bond donors (Lipinski definition) is 1. The maximum atomic E-state index is 10.5. The van der Waals surface area contributed by atoms with Crippen molar-refractivity contribution in [3.05, 3.63) is 0 Å². The summed E-state index contributed by atoms with van der Waals surface area (Å²) < 4.78 is 4.31. The van der Waals surface area contributed by atoms with Crippen LogP contribution in [0.5, 0.6) is 0 Å². The first kappa shape index (κ1) is 7.76. The van der Waals surface area contributed by atoms with Crippen LogP contribution in [0.25, 0.3) is 0 Å². The van der Waals surface area contributed by atoms with Gasteiger partial charge in [-0.25, -0.2) is 4.79 Å². The summed E-state index contributed by atoms with van der Waals surface area (Å²) >= 11 is 0. The maximum Gasteiger partial charge on any atom is 0.328 e. The highest BCUT2D eigenvalue weighted by Crippen LogP contribution is 1.82. The Balaban J connectivity index is 3.62. The monoisotopic (exact) mass is 128 g/mol. The predicted molar refractivity (Wildman–Crippen MR) is 30.2 cm³/mol. The van der Waals surface area contributed by atoms with Crippen molar-refractivity contribution in [2.75, 3.05) is 7.11 Å². The third-order valence-corrected chi connectivity index (χ3v) is 0.836. The van der Waals surface area contributed by atoms with Crippen molar-refractivity contribution in [2.45, 2.75) is 13.0 Å². The lowest BCUT2D eigenvalue weighted by Gasteiger charge is -2.03. The number of nitrogens with one attached hydrogen (secondary N) is 1. The van der Waals surface area contributed by atoms with Crippen molar-refractivity contribution in [2.24, 2.45) is 0 Å². The summed E-state index contributed by atoms with van der Waals surface area (Å²) in [6.07, 6.45) is 1.63. The van der Waals surface area contributed by atoms with Crippen LogP contribution in [-0.4, -0.2) is 19.1 Å². The van der Waals surface area contributed by atoms with Crippen molar-refractivity contribution in [3.8, 4) is 6.19 Å². The summed E-state index contributed by atoms with van der Waals surface area (Å²) in [4.78, 5) is 10.5. The molecule has 0 heterocycles. The average Bonchev–Trinajstić information content (AvgIpc) is 1.87. The van der Waals surface area contributed by atoms with Gasteiger partial charge in [0.25, 0.3) is 0 Å². The number of hydrogen-bond acceptors (Lipinski definition) is 4. The second kappa shape index (κ2) is 3.72. The van der Waals surface area contributed by atoms with E-state index in [1.807, 2.05) is 0 Å². The van der Waals surface area contributed by atoms with Crippen LogP contribution in [0.15, 0.2) is 0 Å². The molecule has 0 aromatic carbocycles. The molecule has 1 unspecified atom stereocenters. The maximum absolute atomic E-state index is 10.5. The molecule has 9 heavy (non-hydrogen) atoms. The lowest BCUT2D eigenvalue weighted by molar-refractivity contribution is -0.142. The first-order valence-corrected chi connectivity index (χ1v) is 2.44. The highest BCUT2D eigenvalue weighted by Gasteiger charge is 2.09. The highest BCUT2D eigenvalue weighted by atomic mass is 16.5. The fraction of sp³-hybridized carbons (Fsp3) is 0.600. The van der Waals surface area contributed by atoms with Gasteiger partial charge in [-0.2, -0.15) is 5.26 Å². The average molecular weight is 128 g/mol. The van der Waals surface area contributed by atoms with Gasteiger partial charge in [0.1, 0.15) is 6.04 Å². The van der Waals surface area contributed by atoms with E-state index in [9.17, 15) is 4.79 Å². The molecule has 0 bridgehead atoms. The fourth-order valence-corrected chi connectivity index (χ4v) is 0.333. The van der Waals surface area contributed by atoms with E-state index in [1.54, 1.807) is 13.1 Å². The van der Waals surface area contributed by atoms with Crippen molar-refractivity contribution in [1.29, 1.82) is 5.26 Å². The molecule has 1 atom stereocenters. The summed E-state index contributed by atoms with van der Waals surface area (Å²) in [5, 5.41) is 10.2. The summed E-state index contributed by atoms with van der Waals surface area (Å²) in [6, 6.07) is -0.542. The van der Waals surface area contributed by atoms with Crippen LogP contribution in [0.2, 0.25) is 0 Å². The minimum Gasteiger partial charge on any atom is -0.467 e. The zero-order valence-corrected chi connectivity index (χ0v) is 5.34. The van der Waals surface area contributed by atoms with Gasteiger partial charge in [-0.3, -0.25) is 0 Å². The molecular formula is C5H8N2O2. The van der Waals surface area contributed by atoms with Gasteiger partial charge in [0.15, 0.2) is 6.19 Å². The summed E-state index contributed by atoms with van der Waals surface area (Å²) in [5.74, 6) is -0.434. The Bertz CT molecular complexity index is 138. The molecule has 0 aliphatic rings. The summed E-state index contributed by atoms with van der Waals surface area (Å²) in [7, 11) is 1.28. The largest absolute Gasteiger partial charge is 0.467 e. The van der Waals surface area contributed by atoms with Crippen LogP contribution in [0.1, 0.15) is 6.92 Å². The number of ether oxygens (including phenoxy) is 1. The Morgan fingerprint density at radius 3 is 2.78 bits per heavy atom. The third kappa shape index (κ3) is 2.54. The minimum absolute atomic E-state index is 0.434. The van der Waals surface area contributed by atoms with E-state index in [4.69, 9.17) is 5.26 Å². The van der Waals surface area contributed by atoms with Gasteiger partial charge in [-0.1, -0.05) is 0 Å². The third-order valence-electron chi connectivity index (χ3n) is 0.836. The van der Waals surface area contributed by atoms with E-state index >= 15 is 0 Å². The van der Waals surface area contributed by atoms with E-state index in [2.05, 4.69) is 10.1 Å². The highest BCUT2D eigenvalue weighted by molar-refractivity contribution is 5.75. The molecule has 50 valence electrons. The molecule has 0 spiro atoms. The standard InChI is InChI=1S/C5H8N2O2/c1-4(7-3-6)5(8)9-2/h4,7H,1-2H3. The van der Waals surface area contributed by atoms with Gasteiger partial charge >= 0.3 is 5.97 Å². The molecule has 0 saturated carbocycles. The molecule has 1 N–H and O–H groups in total. The molecule has 0 fully saturated rings. The fourth-order valence-electron chi connectivity index (χ4n) is 0.333. The Hall–Kier alpha value is -1.24. The van der Waals surface area contributed by atoms with Crippen molar-refractivity contribution in [1.82, 2.24) is 5.32 Å². The second-order valence-electron chi connectivity index (χ2n) is 1.50. The van der Waals surface area contributed by atoms with Gasteiger partial charge in [0.05, 0.1) is 7.11 Å². The molecule has 0 saturated heterocycles. The first-order chi connectivity index (χ1) is 4.22. The Labute approximate surface area is 53.4 Å². The molecular weight excluding hydrogens is 120 g/mol.